The van der Waals surface area contributed by atoms with E-state index < -0.39 is 6.10 Å². The van der Waals surface area contributed by atoms with E-state index in [4.69, 9.17) is 9.73 Å². The number of allylic oxidation sites excluding steroid dienone is 4. The molecule has 1 aromatic carbocycles. The molecule has 41 heavy (non-hydrogen) atoms. The Morgan fingerprint density at radius 3 is 2.78 bits per heavy atom. The molecule has 2 atom stereocenters. The highest BCUT2D eigenvalue weighted by atomic mass is 16.5. The Morgan fingerprint density at radius 2 is 1.93 bits per heavy atom. The van der Waals surface area contributed by atoms with Crippen LogP contribution in [0.1, 0.15) is 60.3 Å². The van der Waals surface area contributed by atoms with Gasteiger partial charge in [-0.05, 0) is 81.5 Å². The number of H-pyrrole nitrogens is 1. The number of likely N-dealkylation sites (N-methyl/N-ethyl adjacent to an activating group) is 1. The number of pyridine rings is 1. The van der Waals surface area contributed by atoms with Crippen molar-refractivity contribution in [2.24, 2.45) is 4.99 Å². The first kappa shape index (κ1) is 27.4. The number of ether oxygens (including phenoxy) is 1. The van der Waals surface area contributed by atoms with Gasteiger partial charge in [-0.3, -0.25) is 14.8 Å². The molecular formula is C33H39N5O3. The lowest BCUT2D eigenvalue weighted by Gasteiger charge is -2.32. The fourth-order valence-electron chi connectivity index (χ4n) is 5.84. The van der Waals surface area contributed by atoms with E-state index in [1.165, 1.54) is 5.56 Å². The molecule has 8 nitrogen and oxygen atoms in total. The molecule has 1 saturated carbocycles. The Kier molecular flexibility index (Phi) is 8.30. The first-order valence-electron chi connectivity index (χ1n) is 14.9. The van der Waals surface area contributed by atoms with Crippen LogP contribution in [-0.4, -0.2) is 81.9 Å². The third-order valence-electron chi connectivity index (χ3n) is 8.35. The fraction of sp³-hybridized carbons (Fsp3) is 0.424. The second-order valence-corrected chi connectivity index (χ2v) is 11.4. The molecule has 3 aromatic rings. The number of carbonyl (C=O) groups excluding carboxylic acids is 1. The molecule has 214 valence electrons. The van der Waals surface area contributed by atoms with Crippen molar-refractivity contribution in [2.45, 2.75) is 57.2 Å². The van der Waals surface area contributed by atoms with Crippen molar-refractivity contribution in [1.29, 1.82) is 0 Å². The first-order valence-corrected chi connectivity index (χ1v) is 14.9. The number of aromatic amines is 1. The number of aromatic nitrogens is 2. The van der Waals surface area contributed by atoms with E-state index >= 15 is 0 Å². The Morgan fingerprint density at radius 1 is 1.07 bits per heavy atom. The van der Waals surface area contributed by atoms with Gasteiger partial charge >= 0.3 is 0 Å². The van der Waals surface area contributed by atoms with Gasteiger partial charge in [-0.1, -0.05) is 24.6 Å². The summed E-state index contributed by atoms with van der Waals surface area (Å²) in [5, 5.41) is 11.4. The average molecular weight is 554 g/mol. The van der Waals surface area contributed by atoms with Crippen LogP contribution in [0.2, 0.25) is 0 Å². The molecule has 2 aliphatic heterocycles. The summed E-state index contributed by atoms with van der Waals surface area (Å²) in [6.45, 7) is 3.34. The van der Waals surface area contributed by atoms with Crippen LogP contribution in [0.15, 0.2) is 71.5 Å². The number of piperazine rings is 1. The number of aliphatic hydroxyl groups excluding tert-OH is 1. The molecule has 1 saturated heterocycles. The summed E-state index contributed by atoms with van der Waals surface area (Å²) >= 11 is 0. The Balaban J connectivity index is 1.12. The molecule has 1 aliphatic carbocycles. The first-order chi connectivity index (χ1) is 20.0. The van der Waals surface area contributed by atoms with Crippen molar-refractivity contribution < 1.29 is 14.6 Å². The second kappa shape index (κ2) is 12.4. The molecular weight excluding hydrogens is 514 g/mol. The molecule has 2 N–H and O–H groups in total. The van der Waals surface area contributed by atoms with Crippen LogP contribution in [0.25, 0.3) is 10.9 Å². The van der Waals surface area contributed by atoms with Gasteiger partial charge in [-0.15, -0.1) is 0 Å². The normalized spacial score (nSPS) is 21.9. The molecule has 3 aliphatic rings. The van der Waals surface area contributed by atoms with Gasteiger partial charge in [-0.2, -0.15) is 0 Å². The maximum atomic E-state index is 13.0. The average Bonchev–Trinajstić information content (AvgIpc) is 3.27. The summed E-state index contributed by atoms with van der Waals surface area (Å²) < 4.78 is 6.14. The molecule has 0 bridgehead atoms. The van der Waals surface area contributed by atoms with E-state index in [1.807, 2.05) is 29.2 Å². The minimum absolute atomic E-state index is 0.0758. The smallest absolute Gasteiger partial charge is 0.270 e. The maximum Gasteiger partial charge on any atom is 0.270 e. The van der Waals surface area contributed by atoms with Gasteiger partial charge in [0.05, 0.1) is 17.5 Å². The van der Waals surface area contributed by atoms with E-state index in [2.05, 4.69) is 52.3 Å². The monoisotopic (exact) mass is 553 g/mol. The number of aryl methyl sites for hydroxylation is 1. The summed E-state index contributed by atoms with van der Waals surface area (Å²) in [5.74, 6) is 0.795. The van der Waals surface area contributed by atoms with Crippen molar-refractivity contribution in [3.8, 4) is 5.75 Å². The Labute approximate surface area is 241 Å². The predicted octanol–water partition coefficient (Wildman–Crippen LogP) is 4.90. The SMILES string of the molecule is CN1CCN(C(=O)c2cc3cc(CCC4=CCC=CC(c5cc(OC6CCCCC6O)ccn5)=N4)ccc3[nH]2)CC1. The van der Waals surface area contributed by atoms with Crippen molar-refractivity contribution in [1.82, 2.24) is 19.8 Å². The molecule has 4 heterocycles. The second-order valence-electron chi connectivity index (χ2n) is 11.4. The lowest BCUT2D eigenvalue weighted by Crippen LogP contribution is -2.47. The standard InChI is InChI=1S/C33H39N5O3/c1-37-16-18-38(19-17-37)33(40)30-21-24-20-23(11-13-27(24)36-30)10-12-25-6-2-3-7-28(35-25)29-22-26(14-15-34-29)41-32-9-5-4-8-31(32)39/h3,6-7,11,13-15,20-22,31-32,36,39H,2,4-5,8-10,12,16-19H2,1H3. The number of aliphatic hydroxyl groups is 1. The number of hydrogen-bond acceptors (Lipinski definition) is 6. The van der Waals surface area contributed by atoms with E-state index in [0.717, 1.165) is 105 Å². The number of fused-ring (bicyclic) bond motifs is 1. The van der Waals surface area contributed by atoms with Gasteiger partial charge < -0.3 is 24.6 Å². The number of carbonyl (C=O) groups is 1. The van der Waals surface area contributed by atoms with Crippen molar-refractivity contribution in [3.05, 3.63) is 83.5 Å². The summed E-state index contributed by atoms with van der Waals surface area (Å²) in [4.78, 5) is 30.1. The lowest BCUT2D eigenvalue weighted by atomic mass is 9.95. The maximum absolute atomic E-state index is 13.0. The van der Waals surface area contributed by atoms with Crippen LogP contribution in [-0.2, 0) is 6.42 Å². The Hall–Kier alpha value is -3.75. The van der Waals surface area contributed by atoms with E-state index in [-0.39, 0.29) is 12.0 Å². The van der Waals surface area contributed by atoms with Crippen LogP contribution in [0.4, 0.5) is 0 Å². The number of rotatable bonds is 7. The summed E-state index contributed by atoms with van der Waals surface area (Å²) in [6, 6.07) is 12.1. The van der Waals surface area contributed by atoms with Gasteiger partial charge in [0, 0.05) is 55.0 Å². The van der Waals surface area contributed by atoms with E-state index in [1.54, 1.807) is 6.20 Å². The lowest BCUT2D eigenvalue weighted by molar-refractivity contribution is 0.00682. The predicted molar refractivity (Wildman–Crippen MR) is 162 cm³/mol. The van der Waals surface area contributed by atoms with Crippen molar-refractivity contribution in [3.63, 3.8) is 0 Å². The van der Waals surface area contributed by atoms with E-state index in [9.17, 15) is 9.90 Å². The molecule has 8 heteroatoms. The van der Waals surface area contributed by atoms with Crippen LogP contribution in [0, 0.1) is 0 Å². The summed E-state index contributed by atoms with van der Waals surface area (Å²) in [5.41, 5.74) is 5.47. The highest BCUT2D eigenvalue weighted by Gasteiger charge is 2.25. The Bertz CT molecular complexity index is 1480. The fourth-order valence-corrected chi connectivity index (χ4v) is 5.84. The van der Waals surface area contributed by atoms with Crippen LogP contribution in [0.5, 0.6) is 5.75 Å². The number of aliphatic imine (C=N–C) groups is 1. The van der Waals surface area contributed by atoms with Gasteiger partial charge in [0.2, 0.25) is 0 Å². The zero-order valence-corrected chi connectivity index (χ0v) is 23.8. The number of nitrogens with one attached hydrogen (secondary N) is 1. The quantitative estimate of drug-likeness (QED) is 0.434. The third-order valence-corrected chi connectivity index (χ3v) is 8.35. The van der Waals surface area contributed by atoms with Gasteiger partial charge in [0.25, 0.3) is 5.91 Å². The number of hydrogen-bond donors (Lipinski definition) is 2. The van der Waals surface area contributed by atoms with Crippen LogP contribution >= 0.6 is 0 Å². The molecule has 0 spiro atoms. The third kappa shape index (κ3) is 6.60. The molecule has 2 fully saturated rings. The highest BCUT2D eigenvalue weighted by Crippen LogP contribution is 2.25. The summed E-state index contributed by atoms with van der Waals surface area (Å²) in [7, 11) is 2.09. The van der Waals surface area contributed by atoms with Crippen LogP contribution < -0.4 is 4.74 Å². The number of amides is 1. The topological polar surface area (TPSA) is 94.1 Å². The van der Waals surface area contributed by atoms with Crippen molar-refractivity contribution >= 4 is 22.5 Å². The minimum atomic E-state index is -0.417. The van der Waals surface area contributed by atoms with Gasteiger partial charge in [0.1, 0.15) is 17.5 Å². The molecule has 2 unspecified atom stereocenters. The summed E-state index contributed by atoms with van der Waals surface area (Å²) in [6.07, 6.45) is 13.7. The van der Waals surface area contributed by atoms with E-state index in [0.29, 0.717) is 5.69 Å². The van der Waals surface area contributed by atoms with Gasteiger partial charge in [0.15, 0.2) is 0 Å². The van der Waals surface area contributed by atoms with Crippen LogP contribution in [0.3, 0.4) is 0 Å². The molecule has 2 aromatic heterocycles. The number of benzene rings is 1. The molecule has 6 rings (SSSR count). The highest BCUT2D eigenvalue weighted by molar-refractivity contribution is 6.08. The van der Waals surface area contributed by atoms with Gasteiger partial charge in [-0.25, -0.2) is 0 Å². The largest absolute Gasteiger partial charge is 0.488 e. The molecule has 0 radical (unpaired) electrons. The number of nitrogens with zero attached hydrogens (tertiary/aromatic N) is 4. The minimum Gasteiger partial charge on any atom is -0.488 e. The molecule has 1 amide bonds. The van der Waals surface area contributed by atoms with Crippen molar-refractivity contribution in [2.75, 3.05) is 33.2 Å². The zero-order valence-electron chi connectivity index (χ0n) is 23.8. The zero-order chi connectivity index (χ0) is 28.2.